The number of benzene rings is 1. The Bertz CT molecular complexity index is 350. The Kier molecular flexibility index (Phi) is 5.05. The summed E-state index contributed by atoms with van der Waals surface area (Å²) in [6.45, 7) is 7.28. The summed E-state index contributed by atoms with van der Waals surface area (Å²) >= 11 is 2.33. The first-order chi connectivity index (χ1) is 7.44. The molecule has 90 valence electrons. The van der Waals surface area contributed by atoms with Crippen molar-refractivity contribution in [3.05, 3.63) is 27.3 Å². The zero-order valence-electron chi connectivity index (χ0n) is 10.4. The van der Waals surface area contributed by atoms with Gasteiger partial charge in [-0.25, -0.2) is 0 Å². The van der Waals surface area contributed by atoms with E-state index in [-0.39, 0.29) is 5.60 Å². The van der Waals surface area contributed by atoms with E-state index >= 15 is 0 Å². The second kappa shape index (κ2) is 5.87. The van der Waals surface area contributed by atoms with Crippen LogP contribution in [0, 0.1) is 10.5 Å². The lowest BCUT2D eigenvalue weighted by molar-refractivity contribution is 0.0185. The highest BCUT2D eigenvalue weighted by atomic mass is 127. The smallest absolute Gasteiger partial charge is 0.0639 e. The summed E-state index contributed by atoms with van der Waals surface area (Å²) in [5.74, 6) is 0. The first-order valence-electron chi connectivity index (χ1n) is 5.50. The van der Waals surface area contributed by atoms with Gasteiger partial charge >= 0.3 is 0 Å². The summed E-state index contributed by atoms with van der Waals surface area (Å²) in [4.78, 5) is 0. The highest BCUT2D eigenvalue weighted by molar-refractivity contribution is 14.1. The molecule has 0 aromatic heterocycles. The van der Waals surface area contributed by atoms with Crippen molar-refractivity contribution in [3.8, 4) is 0 Å². The third-order valence-electron chi connectivity index (χ3n) is 2.78. The Balaban J connectivity index is 2.49. The lowest BCUT2D eigenvalue weighted by Gasteiger charge is -2.23. The molecule has 2 nitrogen and oxygen atoms in total. The van der Waals surface area contributed by atoms with Crippen molar-refractivity contribution in [3.63, 3.8) is 0 Å². The molecule has 1 aromatic carbocycles. The van der Waals surface area contributed by atoms with Gasteiger partial charge in [0.1, 0.15) is 0 Å². The van der Waals surface area contributed by atoms with Crippen LogP contribution >= 0.6 is 22.6 Å². The van der Waals surface area contributed by atoms with Crippen molar-refractivity contribution < 1.29 is 4.74 Å². The molecule has 0 amide bonds. The van der Waals surface area contributed by atoms with Crippen LogP contribution in [0.1, 0.15) is 25.8 Å². The van der Waals surface area contributed by atoms with Crippen LogP contribution in [-0.2, 0) is 4.74 Å². The van der Waals surface area contributed by atoms with Gasteiger partial charge in [0, 0.05) is 22.9 Å². The molecule has 0 fully saturated rings. The van der Waals surface area contributed by atoms with Crippen molar-refractivity contribution in [2.75, 3.05) is 19.0 Å². The largest absolute Gasteiger partial charge is 0.385 e. The van der Waals surface area contributed by atoms with Crippen molar-refractivity contribution in [2.24, 2.45) is 0 Å². The number of halogens is 1. The maximum atomic E-state index is 5.38. The number of anilines is 1. The second-order valence-corrected chi connectivity index (χ2v) is 5.85. The fourth-order valence-corrected chi connectivity index (χ4v) is 2.07. The van der Waals surface area contributed by atoms with Gasteiger partial charge in [0.15, 0.2) is 0 Å². The minimum absolute atomic E-state index is 0.0515. The van der Waals surface area contributed by atoms with Crippen molar-refractivity contribution >= 4 is 28.3 Å². The molecular weight excluding hydrogens is 313 g/mol. The number of ether oxygens (including phenoxy) is 1. The fraction of sp³-hybridized carbons (Fsp3) is 0.538. The summed E-state index contributed by atoms with van der Waals surface area (Å²) in [6.07, 6.45) is 0.995. The third kappa shape index (κ3) is 4.29. The van der Waals surface area contributed by atoms with Crippen molar-refractivity contribution in [1.29, 1.82) is 0 Å². The number of nitrogens with one attached hydrogen (secondary N) is 1. The molecule has 0 radical (unpaired) electrons. The molecule has 0 saturated carbocycles. The Morgan fingerprint density at radius 3 is 2.62 bits per heavy atom. The van der Waals surface area contributed by atoms with Crippen LogP contribution in [0.15, 0.2) is 18.2 Å². The molecule has 0 spiro atoms. The maximum Gasteiger partial charge on any atom is 0.0639 e. The van der Waals surface area contributed by atoms with Crippen molar-refractivity contribution in [2.45, 2.75) is 32.8 Å². The molecule has 0 aliphatic heterocycles. The quantitative estimate of drug-likeness (QED) is 0.827. The third-order valence-corrected chi connectivity index (χ3v) is 3.45. The highest BCUT2D eigenvalue weighted by Gasteiger charge is 2.15. The monoisotopic (exact) mass is 333 g/mol. The maximum absolute atomic E-state index is 5.38. The normalized spacial score (nSPS) is 11.6. The van der Waals surface area contributed by atoms with Crippen LogP contribution in [0.5, 0.6) is 0 Å². The van der Waals surface area contributed by atoms with E-state index in [0.29, 0.717) is 0 Å². The minimum atomic E-state index is -0.0515. The van der Waals surface area contributed by atoms with E-state index in [4.69, 9.17) is 4.74 Å². The molecule has 0 aliphatic rings. The van der Waals surface area contributed by atoms with E-state index in [0.717, 1.165) is 13.0 Å². The standard InChI is InChI=1S/C13H20INO/c1-10-9-11(14)5-6-12(10)15-8-7-13(2,3)16-4/h5-6,9,15H,7-8H2,1-4H3. The van der Waals surface area contributed by atoms with Gasteiger partial charge in [-0.3, -0.25) is 0 Å². The van der Waals surface area contributed by atoms with Gasteiger partial charge < -0.3 is 10.1 Å². The first kappa shape index (κ1) is 13.8. The molecule has 0 unspecified atom stereocenters. The Morgan fingerprint density at radius 1 is 1.38 bits per heavy atom. The summed E-state index contributed by atoms with van der Waals surface area (Å²) in [5, 5.41) is 3.45. The Hall–Kier alpha value is -0.290. The molecule has 0 heterocycles. The van der Waals surface area contributed by atoms with Crippen LogP contribution in [0.2, 0.25) is 0 Å². The van der Waals surface area contributed by atoms with E-state index in [1.807, 2.05) is 0 Å². The van der Waals surface area contributed by atoms with E-state index < -0.39 is 0 Å². The van der Waals surface area contributed by atoms with Crippen LogP contribution in [-0.4, -0.2) is 19.3 Å². The lowest BCUT2D eigenvalue weighted by Crippen LogP contribution is -2.25. The van der Waals surface area contributed by atoms with Crippen molar-refractivity contribution in [1.82, 2.24) is 0 Å². The molecule has 16 heavy (non-hydrogen) atoms. The molecule has 1 N–H and O–H groups in total. The minimum Gasteiger partial charge on any atom is -0.385 e. The molecule has 0 aliphatic carbocycles. The average Bonchev–Trinajstić information content (AvgIpc) is 2.21. The van der Waals surface area contributed by atoms with Crippen LogP contribution in [0.4, 0.5) is 5.69 Å². The molecule has 1 rings (SSSR count). The number of methoxy groups -OCH3 is 1. The van der Waals surface area contributed by atoms with Gasteiger partial charge in [-0.2, -0.15) is 0 Å². The molecule has 3 heteroatoms. The number of hydrogen-bond acceptors (Lipinski definition) is 2. The Labute approximate surface area is 112 Å². The van der Waals surface area contributed by atoms with E-state index in [2.05, 4.69) is 66.9 Å². The van der Waals surface area contributed by atoms with Gasteiger partial charge in [-0.05, 0) is 73.5 Å². The van der Waals surface area contributed by atoms with Gasteiger partial charge in [0.25, 0.3) is 0 Å². The molecule has 0 bridgehead atoms. The van der Waals surface area contributed by atoms with E-state index in [1.54, 1.807) is 7.11 Å². The van der Waals surface area contributed by atoms with Gasteiger partial charge in [-0.1, -0.05) is 0 Å². The number of rotatable bonds is 5. The first-order valence-corrected chi connectivity index (χ1v) is 6.58. The zero-order chi connectivity index (χ0) is 12.2. The Morgan fingerprint density at radius 2 is 2.06 bits per heavy atom. The topological polar surface area (TPSA) is 21.3 Å². The predicted octanol–water partition coefficient (Wildman–Crippen LogP) is 3.83. The average molecular weight is 333 g/mol. The fourth-order valence-electron chi connectivity index (χ4n) is 1.43. The molecular formula is C13H20INO. The lowest BCUT2D eigenvalue weighted by atomic mass is 10.1. The number of hydrogen-bond donors (Lipinski definition) is 1. The van der Waals surface area contributed by atoms with Gasteiger partial charge in [-0.15, -0.1) is 0 Å². The van der Waals surface area contributed by atoms with E-state index in [1.165, 1.54) is 14.8 Å². The summed E-state index contributed by atoms with van der Waals surface area (Å²) in [6, 6.07) is 6.44. The van der Waals surface area contributed by atoms with Crippen LogP contribution < -0.4 is 5.32 Å². The summed E-state index contributed by atoms with van der Waals surface area (Å²) in [5.41, 5.74) is 2.46. The zero-order valence-corrected chi connectivity index (χ0v) is 12.6. The predicted molar refractivity (Wildman–Crippen MR) is 78.1 cm³/mol. The highest BCUT2D eigenvalue weighted by Crippen LogP contribution is 2.19. The van der Waals surface area contributed by atoms with Crippen LogP contribution in [0.3, 0.4) is 0 Å². The second-order valence-electron chi connectivity index (χ2n) is 4.60. The van der Waals surface area contributed by atoms with Crippen LogP contribution in [0.25, 0.3) is 0 Å². The molecule has 1 aromatic rings. The molecule has 0 saturated heterocycles. The summed E-state index contributed by atoms with van der Waals surface area (Å²) < 4.78 is 6.66. The molecule has 0 atom stereocenters. The van der Waals surface area contributed by atoms with E-state index in [9.17, 15) is 0 Å². The SMILES string of the molecule is COC(C)(C)CCNc1ccc(I)cc1C. The number of aryl methyl sites for hydroxylation is 1. The van der Waals surface area contributed by atoms with Gasteiger partial charge in [0.05, 0.1) is 5.60 Å². The van der Waals surface area contributed by atoms with Gasteiger partial charge in [0.2, 0.25) is 0 Å². The summed E-state index contributed by atoms with van der Waals surface area (Å²) in [7, 11) is 1.76.